The smallest absolute Gasteiger partial charge is 0.293 e. The maximum atomic E-state index is 12.6. The van der Waals surface area contributed by atoms with E-state index >= 15 is 0 Å². The third-order valence-electron chi connectivity index (χ3n) is 5.89. The number of carbonyl (C=O) groups is 1. The van der Waals surface area contributed by atoms with Crippen LogP contribution >= 0.6 is 0 Å². The van der Waals surface area contributed by atoms with Crippen molar-refractivity contribution in [2.45, 2.75) is 26.2 Å². The highest BCUT2D eigenvalue weighted by Gasteiger charge is 2.28. The zero-order valence-corrected chi connectivity index (χ0v) is 16.3. The number of hydrogen-bond acceptors (Lipinski definition) is 6. The van der Waals surface area contributed by atoms with Crippen molar-refractivity contribution >= 4 is 17.3 Å². The van der Waals surface area contributed by atoms with E-state index in [9.17, 15) is 14.9 Å². The Kier molecular flexibility index (Phi) is 6.47. The monoisotopic (exact) mass is 385 g/mol. The second-order valence-electron chi connectivity index (χ2n) is 7.52. The minimum atomic E-state index is -0.429. The van der Waals surface area contributed by atoms with Crippen molar-refractivity contribution < 1.29 is 9.72 Å². The van der Waals surface area contributed by atoms with Crippen LogP contribution < -0.4 is 4.90 Å². The summed E-state index contributed by atoms with van der Waals surface area (Å²) in [5, 5.41) is 20.4. The van der Waals surface area contributed by atoms with Crippen LogP contribution in [0.15, 0.2) is 18.2 Å². The van der Waals surface area contributed by atoms with Crippen molar-refractivity contribution in [3.8, 4) is 6.07 Å². The molecule has 1 aromatic carbocycles. The summed E-state index contributed by atoms with van der Waals surface area (Å²) in [6.07, 6.45) is 2.26. The van der Waals surface area contributed by atoms with E-state index < -0.39 is 4.92 Å². The van der Waals surface area contributed by atoms with Gasteiger partial charge in [-0.25, -0.2) is 0 Å². The van der Waals surface area contributed by atoms with Gasteiger partial charge >= 0.3 is 0 Å². The van der Waals surface area contributed by atoms with Crippen LogP contribution in [0.25, 0.3) is 0 Å². The summed E-state index contributed by atoms with van der Waals surface area (Å²) in [6, 6.07) is 6.57. The lowest BCUT2D eigenvalue weighted by Crippen LogP contribution is -2.49. The number of amides is 1. The average Bonchev–Trinajstić information content (AvgIpc) is 2.73. The van der Waals surface area contributed by atoms with E-state index in [-0.39, 0.29) is 11.6 Å². The van der Waals surface area contributed by atoms with Gasteiger partial charge in [0.1, 0.15) is 5.69 Å². The van der Waals surface area contributed by atoms with Gasteiger partial charge in [0.25, 0.3) is 5.69 Å². The number of rotatable bonds is 5. The number of nitro groups is 1. The Morgan fingerprint density at radius 2 is 1.89 bits per heavy atom. The third kappa shape index (κ3) is 4.60. The van der Waals surface area contributed by atoms with E-state index in [4.69, 9.17) is 5.26 Å². The van der Waals surface area contributed by atoms with Crippen molar-refractivity contribution in [1.82, 2.24) is 9.80 Å². The Morgan fingerprint density at radius 1 is 1.21 bits per heavy atom. The van der Waals surface area contributed by atoms with E-state index in [0.29, 0.717) is 36.7 Å². The van der Waals surface area contributed by atoms with Gasteiger partial charge in [-0.05, 0) is 37.4 Å². The van der Waals surface area contributed by atoms with Crippen LogP contribution in [-0.2, 0) is 4.79 Å². The van der Waals surface area contributed by atoms with E-state index in [0.717, 1.165) is 45.6 Å². The number of benzene rings is 1. The Bertz CT molecular complexity index is 760. The first-order valence-electron chi connectivity index (χ1n) is 9.95. The fourth-order valence-corrected chi connectivity index (χ4v) is 4.07. The fraction of sp³-hybridized carbons (Fsp3) is 0.600. The number of carbonyl (C=O) groups excluding carboxylic acids is 1. The van der Waals surface area contributed by atoms with Gasteiger partial charge in [0.05, 0.1) is 16.6 Å². The third-order valence-corrected chi connectivity index (χ3v) is 5.89. The molecule has 0 radical (unpaired) electrons. The van der Waals surface area contributed by atoms with Crippen LogP contribution in [0.1, 0.15) is 31.7 Å². The minimum Gasteiger partial charge on any atom is -0.366 e. The highest BCUT2D eigenvalue weighted by atomic mass is 16.6. The number of nitro benzene ring substituents is 1. The maximum absolute atomic E-state index is 12.6. The van der Waals surface area contributed by atoms with Crippen molar-refractivity contribution in [2.75, 3.05) is 50.7 Å². The molecule has 2 heterocycles. The number of nitrogens with zero attached hydrogens (tertiary/aromatic N) is 5. The number of piperidine rings is 1. The van der Waals surface area contributed by atoms with Crippen LogP contribution in [0.3, 0.4) is 0 Å². The molecule has 1 amide bonds. The molecule has 1 aromatic rings. The van der Waals surface area contributed by atoms with Crippen LogP contribution in [0, 0.1) is 27.4 Å². The summed E-state index contributed by atoms with van der Waals surface area (Å²) < 4.78 is 0. The molecular weight excluding hydrogens is 358 g/mol. The summed E-state index contributed by atoms with van der Waals surface area (Å²) in [5.41, 5.74) is 0.825. The highest BCUT2D eigenvalue weighted by Crippen LogP contribution is 2.33. The molecule has 0 unspecified atom stereocenters. The number of hydrogen-bond donors (Lipinski definition) is 0. The molecule has 0 atom stereocenters. The zero-order chi connectivity index (χ0) is 20.1. The molecule has 0 N–H and O–H groups in total. The Hall–Kier alpha value is -2.66. The number of piperazine rings is 1. The van der Waals surface area contributed by atoms with Crippen molar-refractivity contribution in [1.29, 1.82) is 5.26 Å². The molecule has 2 aliphatic rings. The molecule has 0 aliphatic carbocycles. The summed E-state index contributed by atoms with van der Waals surface area (Å²) >= 11 is 0. The molecule has 2 fully saturated rings. The standard InChI is InChI=1S/C20H27N5O3/c1-2-22-9-11-24(12-10-22)20(26)14-16-5-7-23(8-6-16)18-4-3-17(15-21)13-19(18)25(27)28/h3-4,13,16H,2,5-12,14H2,1H3. The van der Waals surface area contributed by atoms with Gasteiger partial charge in [-0.15, -0.1) is 0 Å². The lowest BCUT2D eigenvalue weighted by molar-refractivity contribution is -0.384. The molecule has 0 bridgehead atoms. The van der Waals surface area contributed by atoms with Crippen LogP contribution in [0.4, 0.5) is 11.4 Å². The Balaban J connectivity index is 1.54. The van der Waals surface area contributed by atoms with Crippen LogP contribution in [-0.4, -0.2) is 66.4 Å². The van der Waals surface area contributed by atoms with Crippen LogP contribution in [0.2, 0.25) is 0 Å². The second kappa shape index (κ2) is 9.02. The Morgan fingerprint density at radius 3 is 2.46 bits per heavy atom. The molecule has 150 valence electrons. The largest absolute Gasteiger partial charge is 0.366 e. The molecule has 3 rings (SSSR count). The SMILES string of the molecule is CCN1CCN(C(=O)CC2CCN(c3ccc(C#N)cc3[N+](=O)[O-])CC2)CC1. The molecule has 28 heavy (non-hydrogen) atoms. The normalized spacial score (nSPS) is 18.7. The maximum Gasteiger partial charge on any atom is 0.293 e. The first kappa shape index (κ1) is 20.1. The topological polar surface area (TPSA) is 93.7 Å². The lowest BCUT2D eigenvalue weighted by atomic mass is 9.92. The summed E-state index contributed by atoms with van der Waals surface area (Å²) in [4.78, 5) is 29.9. The molecular formula is C20H27N5O3. The minimum absolute atomic E-state index is 0.0256. The van der Waals surface area contributed by atoms with Gasteiger partial charge < -0.3 is 14.7 Å². The second-order valence-corrected chi connectivity index (χ2v) is 7.52. The molecule has 0 aromatic heterocycles. The Labute approximate surface area is 165 Å². The molecule has 2 aliphatic heterocycles. The first-order chi connectivity index (χ1) is 13.5. The summed E-state index contributed by atoms with van der Waals surface area (Å²) in [6.45, 7) is 8.06. The van der Waals surface area contributed by atoms with Gasteiger partial charge in [0.2, 0.25) is 5.91 Å². The quantitative estimate of drug-likeness (QED) is 0.570. The predicted octanol–water partition coefficient (Wildman–Crippen LogP) is 2.24. The number of likely N-dealkylation sites (N-methyl/N-ethyl adjacent to an activating group) is 1. The zero-order valence-electron chi connectivity index (χ0n) is 16.3. The van der Waals surface area contributed by atoms with Crippen molar-refractivity contribution in [3.63, 3.8) is 0 Å². The van der Waals surface area contributed by atoms with E-state index in [1.54, 1.807) is 12.1 Å². The van der Waals surface area contributed by atoms with Gasteiger partial charge in [-0.3, -0.25) is 14.9 Å². The van der Waals surface area contributed by atoms with Gasteiger partial charge in [0, 0.05) is 51.8 Å². The van der Waals surface area contributed by atoms with Gasteiger partial charge in [-0.1, -0.05) is 6.92 Å². The van der Waals surface area contributed by atoms with E-state index in [1.165, 1.54) is 6.07 Å². The molecule has 8 heteroatoms. The van der Waals surface area contributed by atoms with Crippen molar-refractivity contribution in [2.24, 2.45) is 5.92 Å². The van der Waals surface area contributed by atoms with E-state index in [1.807, 2.05) is 15.9 Å². The molecule has 8 nitrogen and oxygen atoms in total. The predicted molar refractivity (Wildman–Crippen MR) is 106 cm³/mol. The highest BCUT2D eigenvalue weighted by molar-refractivity contribution is 5.76. The van der Waals surface area contributed by atoms with Crippen LogP contribution in [0.5, 0.6) is 0 Å². The molecule has 0 spiro atoms. The lowest BCUT2D eigenvalue weighted by Gasteiger charge is -2.36. The van der Waals surface area contributed by atoms with Gasteiger partial charge in [0.15, 0.2) is 0 Å². The first-order valence-corrected chi connectivity index (χ1v) is 9.95. The average molecular weight is 385 g/mol. The summed E-state index contributed by atoms with van der Waals surface area (Å²) in [5.74, 6) is 0.559. The molecule has 0 saturated carbocycles. The number of anilines is 1. The van der Waals surface area contributed by atoms with Crippen molar-refractivity contribution in [3.05, 3.63) is 33.9 Å². The number of nitriles is 1. The fourth-order valence-electron chi connectivity index (χ4n) is 4.07. The van der Waals surface area contributed by atoms with Gasteiger partial charge in [-0.2, -0.15) is 5.26 Å². The molecule has 2 saturated heterocycles. The van der Waals surface area contributed by atoms with E-state index in [2.05, 4.69) is 11.8 Å². The summed E-state index contributed by atoms with van der Waals surface area (Å²) in [7, 11) is 0.